The largest absolute Gasteiger partial charge is 0.481 e. The van der Waals surface area contributed by atoms with Crippen LogP contribution >= 0.6 is 0 Å². The number of hydrogen-bond acceptors (Lipinski definition) is 4. The van der Waals surface area contributed by atoms with Gasteiger partial charge in [-0.2, -0.15) is 4.31 Å². The van der Waals surface area contributed by atoms with Gasteiger partial charge < -0.3 is 15.3 Å². The first kappa shape index (κ1) is 20.7. The molecule has 1 atom stereocenters. The molecule has 2 N–H and O–H groups in total. The van der Waals surface area contributed by atoms with Crippen molar-refractivity contribution in [3.63, 3.8) is 0 Å². The smallest absolute Gasteiger partial charge is 0.321 e. The number of nitrogens with zero attached hydrogens (tertiary/aromatic N) is 2. The zero-order valence-corrected chi connectivity index (χ0v) is 15.3. The van der Waals surface area contributed by atoms with E-state index in [0.717, 1.165) is 4.31 Å². The number of carboxylic acids is 1. The maximum Gasteiger partial charge on any atom is 0.321 e. The highest BCUT2D eigenvalue weighted by atomic mass is 32.2. The number of rotatable bonds is 8. The van der Waals surface area contributed by atoms with Crippen LogP contribution in [0.25, 0.3) is 0 Å². The molecule has 9 heteroatoms. The number of anilines is 1. The molecular formula is C16H23N3O5S. The van der Waals surface area contributed by atoms with E-state index in [1.165, 1.54) is 56.3 Å². The van der Waals surface area contributed by atoms with E-state index in [0.29, 0.717) is 5.69 Å². The topological polar surface area (TPSA) is 107 Å². The van der Waals surface area contributed by atoms with E-state index in [4.69, 9.17) is 5.11 Å². The molecular weight excluding hydrogens is 346 g/mol. The number of hydrogen-bond donors (Lipinski definition) is 2. The summed E-state index contributed by atoms with van der Waals surface area (Å²) >= 11 is 0. The Morgan fingerprint density at radius 1 is 1.28 bits per heavy atom. The first-order valence-corrected chi connectivity index (χ1v) is 8.95. The SMILES string of the molecule is C=CCN(C)S(=O)(=O)c1ccc(NC(=O)N(C)CC(C)C(=O)O)cc1. The fourth-order valence-corrected chi connectivity index (χ4v) is 3.10. The van der Waals surface area contributed by atoms with Crippen molar-refractivity contribution in [1.82, 2.24) is 9.21 Å². The number of carbonyl (C=O) groups is 2. The minimum Gasteiger partial charge on any atom is -0.481 e. The predicted octanol–water partition coefficient (Wildman–Crippen LogP) is 1.68. The van der Waals surface area contributed by atoms with Gasteiger partial charge in [-0.05, 0) is 24.3 Å². The predicted molar refractivity (Wildman–Crippen MR) is 94.9 cm³/mol. The van der Waals surface area contributed by atoms with E-state index < -0.39 is 27.9 Å². The summed E-state index contributed by atoms with van der Waals surface area (Å²) < 4.78 is 25.7. The standard InChI is InChI=1S/C16H23N3O5S/c1-5-10-19(4)25(23,24)14-8-6-13(7-9-14)17-16(22)18(3)11-12(2)15(20)21/h5-9,12H,1,10-11H2,2-4H3,(H,17,22)(H,20,21). The Bertz CT molecular complexity index is 731. The summed E-state index contributed by atoms with van der Waals surface area (Å²) in [7, 11) is -0.681. The second-order valence-electron chi connectivity index (χ2n) is 5.65. The number of carbonyl (C=O) groups excluding carboxylic acids is 1. The minimum atomic E-state index is -3.61. The molecule has 0 aromatic heterocycles. The lowest BCUT2D eigenvalue weighted by atomic mass is 10.2. The van der Waals surface area contributed by atoms with Crippen molar-refractivity contribution in [2.75, 3.05) is 32.5 Å². The monoisotopic (exact) mass is 369 g/mol. The molecule has 0 bridgehead atoms. The second-order valence-corrected chi connectivity index (χ2v) is 7.69. The number of aliphatic carboxylic acids is 1. The number of urea groups is 1. The highest BCUT2D eigenvalue weighted by Crippen LogP contribution is 2.17. The zero-order chi connectivity index (χ0) is 19.2. The van der Waals surface area contributed by atoms with Gasteiger partial charge in [-0.15, -0.1) is 6.58 Å². The van der Waals surface area contributed by atoms with Crippen LogP contribution in [0.3, 0.4) is 0 Å². The minimum absolute atomic E-state index is 0.0555. The van der Waals surface area contributed by atoms with E-state index in [1.807, 2.05) is 0 Å². The number of carboxylic acid groups (broad SMARTS) is 1. The lowest BCUT2D eigenvalue weighted by molar-refractivity contribution is -0.141. The Labute approximate surface area is 147 Å². The molecule has 0 aliphatic rings. The van der Waals surface area contributed by atoms with Crippen LogP contribution in [0.4, 0.5) is 10.5 Å². The number of amides is 2. The summed E-state index contributed by atoms with van der Waals surface area (Å²) in [6.45, 7) is 5.26. The van der Waals surface area contributed by atoms with Crippen molar-refractivity contribution >= 4 is 27.7 Å². The summed E-state index contributed by atoms with van der Waals surface area (Å²) in [4.78, 5) is 24.2. The third kappa shape index (κ3) is 5.57. The fraction of sp³-hybridized carbons (Fsp3) is 0.375. The van der Waals surface area contributed by atoms with Crippen LogP contribution in [0, 0.1) is 5.92 Å². The van der Waals surface area contributed by atoms with Gasteiger partial charge in [-0.25, -0.2) is 13.2 Å². The van der Waals surface area contributed by atoms with Gasteiger partial charge in [-0.3, -0.25) is 4.79 Å². The summed E-state index contributed by atoms with van der Waals surface area (Å²) in [6, 6.07) is 5.25. The fourth-order valence-electron chi connectivity index (χ4n) is 1.96. The van der Waals surface area contributed by atoms with E-state index in [9.17, 15) is 18.0 Å². The first-order valence-electron chi connectivity index (χ1n) is 7.51. The van der Waals surface area contributed by atoms with Crippen molar-refractivity contribution in [2.24, 2.45) is 5.92 Å². The quantitative estimate of drug-likeness (QED) is 0.678. The van der Waals surface area contributed by atoms with Crippen LogP contribution in [0.5, 0.6) is 0 Å². The molecule has 0 radical (unpaired) electrons. The molecule has 1 unspecified atom stereocenters. The molecule has 0 fully saturated rings. The van der Waals surface area contributed by atoms with E-state index in [1.54, 1.807) is 0 Å². The molecule has 2 amide bonds. The molecule has 0 spiro atoms. The molecule has 0 aliphatic heterocycles. The normalized spacial score (nSPS) is 12.5. The number of nitrogens with one attached hydrogen (secondary N) is 1. The first-order chi connectivity index (χ1) is 11.6. The zero-order valence-electron chi connectivity index (χ0n) is 14.5. The molecule has 0 saturated heterocycles. The van der Waals surface area contributed by atoms with Crippen LogP contribution in [0.1, 0.15) is 6.92 Å². The lowest BCUT2D eigenvalue weighted by Gasteiger charge is -2.20. The van der Waals surface area contributed by atoms with E-state index >= 15 is 0 Å². The molecule has 0 heterocycles. The highest BCUT2D eigenvalue weighted by molar-refractivity contribution is 7.89. The lowest BCUT2D eigenvalue weighted by Crippen LogP contribution is -2.36. The average Bonchev–Trinajstić information content (AvgIpc) is 2.55. The molecule has 1 rings (SSSR count). The van der Waals surface area contributed by atoms with Crippen LogP contribution in [-0.2, 0) is 14.8 Å². The molecule has 0 saturated carbocycles. The van der Waals surface area contributed by atoms with Crippen molar-refractivity contribution < 1.29 is 23.1 Å². The van der Waals surface area contributed by atoms with Gasteiger partial charge in [0.25, 0.3) is 0 Å². The number of sulfonamides is 1. The van der Waals surface area contributed by atoms with Crippen molar-refractivity contribution in [2.45, 2.75) is 11.8 Å². The molecule has 138 valence electrons. The Hall–Kier alpha value is -2.39. The van der Waals surface area contributed by atoms with Gasteiger partial charge in [0.2, 0.25) is 10.0 Å². The van der Waals surface area contributed by atoms with Gasteiger partial charge in [0.15, 0.2) is 0 Å². The Kier molecular flexibility index (Phi) is 7.13. The third-order valence-electron chi connectivity index (χ3n) is 3.52. The van der Waals surface area contributed by atoms with E-state index in [-0.39, 0.29) is 18.0 Å². The van der Waals surface area contributed by atoms with Crippen LogP contribution in [-0.4, -0.2) is 61.9 Å². The molecule has 1 aromatic rings. The third-order valence-corrected chi connectivity index (χ3v) is 5.35. The van der Waals surface area contributed by atoms with Crippen LogP contribution in [0.15, 0.2) is 41.8 Å². The second kappa shape index (κ2) is 8.63. The highest BCUT2D eigenvalue weighted by Gasteiger charge is 2.20. The van der Waals surface area contributed by atoms with Gasteiger partial charge in [-0.1, -0.05) is 13.0 Å². The molecule has 1 aromatic carbocycles. The van der Waals surface area contributed by atoms with Gasteiger partial charge in [0.05, 0.1) is 10.8 Å². The number of benzene rings is 1. The summed E-state index contributed by atoms with van der Waals surface area (Å²) in [5.41, 5.74) is 0.408. The maximum atomic E-state index is 12.3. The van der Waals surface area contributed by atoms with Gasteiger partial charge in [0.1, 0.15) is 0 Å². The molecule has 0 aliphatic carbocycles. The summed E-state index contributed by atoms with van der Waals surface area (Å²) in [5, 5.41) is 11.5. The Morgan fingerprint density at radius 3 is 2.32 bits per heavy atom. The van der Waals surface area contributed by atoms with Gasteiger partial charge >= 0.3 is 12.0 Å². The van der Waals surface area contributed by atoms with Crippen molar-refractivity contribution in [1.29, 1.82) is 0 Å². The molecule has 8 nitrogen and oxygen atoms in total. The molecule has 25 heavy (non-hydrogen) atoms. The van der Waals surface area contributed by atoms with Crippen molar-refractivity contribution in [3.05, 3.63) is 36.9 Å². The maximum absolute atomic E-state index is 12.3. The van der Waals surface area contributed by atoms with Gasteiger partial charge in [0, 0.05) is 32.9 Å². The summed E-state index contributed by atoms with van der Waals surface area (Å²) in [5.74, 6) is -1.68. The Morgan fingerprint density at radius 2 is 1.84 bits per heavy atom. The van der Waals surface area contributed by atoms with Crippen LogP contribution in [0.2, 0.25) is 0 Å². The number of likely N-dealkylation sites (N-methyl/N-ethyl adjacent to an activating group) is 1. The summed E-state index contributed by atoms with van der Waals surface area (Å²) in [6.07, 6.45) is 1.49. The Balaban J connectivity index is 2.78. The van der Waals surface area contributed by atoms with E-state index in [2.05, 4.69) is 11.9 Å². The van der Waals surface area contributed by atoms with Crippen LogP contribution < -0.4 is 5.32 Å². The average molecular weight is 369 g/mol. The van der Waals surface area contributed by atoms with Crippen molar-refractivity contribution in [3.8, 4) is 0 Å².